The van der Waals surface area contributed by atoms with Crippen LogP contribution in [0.2, 0.25) is 0 Å². The van der Waals surface area contributed by atoms with Crippen LogP contribution in [0, 0.1) is 11.7 Å². The van der Waals surface area contributed by atoms with Crippen LogP contribution in [-0.2, 0) is 4.79 Å². The molecule has 1 amide bonds. The molecule has 1 unspecified atom stereocenters. The van der Waals surface area contributed by atoms with Gasteiger partial charge in [-0.25, -0.2) is 4.39 Å². The molecule has 0 aliphatic carbocycles. The highest BCUT2D eigenvalue weighted by atomic mass is 19.1. The SMILES string of the molecule is O=C(CCC1CCNCC1)NC1CCOc2ccc(F)cc21. The van der Waals surface area contributed by atoms with E-state index in [0.29, 0.717) is 31.1 Å². The number of rotatable bonds is 4. The summed E-state index contributed by atoms with van der Waals surface area (Å²) in [5, 5.41) is 6.37. The van der Waals surface area contributed by atoms with E-state index in [1.54, 1.807) is 6.07 Å². The van der Waals surface area contributed by atoms with Crippen LogP contribution in [-0.4, -0.2) is 25.6 Å². The highest BCUT2D eigenvalue weighted by molar-refractivity contribution is 5.76. The third-order valence-corrected chi connectivity index (χ3v) is 4.58. The Morgan fingerprint density at radius 1 is 1.32 bits per heavy atom. The van der Waals surface area contributed by atoms with E-state index in [9.17, 15) is 9.18 Å². The molecule has 5 heteroatoms. The fraction of sp³-hybridized carbons (Fsp3) is 0.588. The molecule has 120 valence electrons. The van der Waals surface area contributed by atoms with Crippen LogP contribution in [0.5, 0.6) is 5.75 Å². The van der Waals surface area contributed by atoms with Crippen molar-refractivity contribution >= 4 is 5.91 Å². The second-order valence-corrected chi connectivity index (χ2v) is 6.17. The molecule has 1 aromatic rings. The molecule has 0 spiro atoms. The first-order valence-corrected chi connectivity index (χ1v) is 8.14. The van der Waals surface area contributed by atoms with Crippen LogP contribution < -0.4 is 15.4 Å². The van der Waals surface area contributed by atoms with Crippen LogP contribution in [0.15, 0.2) is 18.2 Å². The lowest BCUT2D eigenvalue weighted by molar-refractivity contribution is -0.122. The summed E-state index contributed by atoms with van der Waals surface area (Å²) >= 11 is 0. The number of ether oxygens (including phenoxy) is 1. The van der Waals surface area contributed by atoms with Gasteiger partial charge in [-0.2, -0.15) is 0 Å². The number of hydrogen-bond donors (Lipinski definition) is 2. The van der Waals surface area contributed by atoms with Gasteiger partial charge in [0.05, 0.1) is 12.6 Å². The first kappa shape index (κ1) is 15.3. The van der Waals surface area contributed by atoms with Crippen LogP contribution in [0.3, 0.4) is 0 Å². The first-order valence-electron chi connectivity index (χ1n) is 8.14. The highest BCUT2D eigenvalue weighted by Crippen LogP contribution is 2.32. The van der Waals surface area contributed by atoms with E-state index in [1.165, 1.54) is 12.1 Å². The molecule has 2 aliphatic heterocycles. The number of halogens is 1. The third-order valence-electron chi connectivity index (χ3n) is 4.58. The van der Waals surface area contributed by atoms with Crippen molar-refractivity contribution in [1.82, 2.24) is 10.6 Å². The van der Waals surface area contributed by atoms with Gasteiger partial charge in [0.1, 0.15) is 11.6 Å². The van der Waals surface area contributed by atoms with Gasteiger partial charge in [-0.05, 0) is 56.5 Å². The minimum absolute atomic E-state index is 0.0562. The van der Waals surface area contributed by atoms with Gasteiger partial charge in [0, 0.05) is 18.4 Å². The lowest BCUT2D eigenvalue weighted by atomic mass is 9.93. The van der Waals surface area contributed by atoms with E-state index in [0.717, 1.165) is 37.9 Å². The zero-order valence-electron chi connectivity index (χ0n) is 12.7. The van der Waals surface area contributed by atoms with Crippen molar-refractivity contribution in [2.75, 3.05) is 19.7 Å². The third kappa shape index (κ3) is 3.77. The number of carbonyl (C=O) groups excluding carboxylic acids is 1. The number of benzene rings is 1. The maximum atomic E-state index is 13.4. The molecule has 1 atom stereocenters. The number of carbonyl (C=O) groups is 1. The molecule has 1 aromatic carbocycles. The zero-order valence-corrected chi connectivity index (χ0v) is 12.7. The fourth-order valence-electron chi connectivity index (χ4n) is 3.29. The highest BCUT2D eigenvalue weighted by Gasteiger charge is 2.24. The number of amides is 1. The number of hydrogen-bond acceptors (Lipinski definition) is 3. The molecule has 0 saturated carbocycles. The minimum atomic E-state index is -0.293. The summed E-state index contributed by atoms with van der Waals surface area (Å²) in [4.78, 5) is 12.2. The average Bonchev–Trinajstić information content (AvgIpc) is 2.54. The van der Waals surface area contributed by atoms with E-state index >= 15 is 0 Å². The summed E-state index contributed by atoms with van der Waals surface area (Å²) in [6, 6.07) is 4.35. The lowest BCUT2D eigenvalue weighted by Crippen LogP contribution is -2.33. The van der Waals surface area contributed by atoms with E-state index in [2.05, 4.69) is 10.6 Å². The Bertz CT molecular complexity index is 529. The van der Waals surface area contributed by atoms with E-state index in [-0.39, 0.29) is 17.8 Å². The summed E-state index contributed by atoms with van der Waals surface area (Å²) in [6.07, 6.45) is 4.48. The summed E-state index contributed by atoms with van der Waals surface area (Å²) in [5.41, 5.74) is 0.751. The Balaban J connectivity index is 1.54. The summed E-state index contributed by atoms with van der Waals surface area (Å²) < 4.78 is 18.9. The van der Waals surface area contributed by atoms with E-state index < -0.39 is 0 Å². The van der Waals surface area contributed by atoms with Crippen molar-refractivity contribution in [2.45, 2.75) is 38.1 Å². The molecule has 22 heavy (non-hydrogen) atoms. The molecule has 1 fully saturated rings. The van der Waals surface area contributed by atoms with Crippen LogP contribution in [0.1, 0.15) is 43.7 Å². The molecule has 0 bridgehead atoms. The van der Waals surface area contributed by atoms with Gasteiger partial charge >= 0.3 is 0 Å². The summed E-state index contributed by atoms with van der Waals surface area (Å²) in [5.74, 6) is 1.08. The predicted molar refractivity (Wildman–Crippen MR) is 82.2 cm³/mol. The van der Waals surface area contributed by atoms with Crippen molar-refractivity contribution in [3.8, 4) is 5.75 Å². The van der Waals surface area contributed by atoms with Crippen LogP contribution >= 0.6 is 0 Å². The molecule has 2 N–H and O–H groups in total. The topological polar surface area (TPSA) is 50.4 Å². The maximum Gasteiger partial charge on any atom is 0.220 e. The molecule has 3 rings (SSSR count). The van der Waals surface area contributed by atoms with E-state index in [1.807, 2.05) is 0 Å². The number of fused-ring (bicyclic) bond motifs is 1. The predicted octanol–water partition coefficient (Wildman–Crippen LogP) is 2.55. The molecular weight excluding hydrogens is 283 g/mol. The summed E-state index contributed by atoms with van der Waals surface area (Å²) in [7, 11) is 0. The average molecular weight is 306 g/mol. The Morgan fingerprint density at radius 3 is 2.95 bits per heavy atom. The maximum absolute atomic E-state index is 13.4. The largest absolute Gasteiger partial charge is 0.493 e. The summed E-state index contributed by atoms with van der Waals surface area (Å²) in [6.45, 7) is 2.66. The Hall–Kier alpha value is -1.62. The number of nitrogens with one attached hydrogen (secondary N) is 2. The molecule has 4 nitrogen and oxygen atoms in total. The Labute approximate surface area is 130 Å². The van der Waals surface area contributed by atoms with Gasteiger partial charge in [-0.15, -0.1) is 0 Å². The van der Waals surface area contributed by atoms with Crippen molar-refractivity contribution in [3.63, 3.8) is 0 Å². The standard InChI is InChI=1S/C17H23FN2O2/c18-13-2-3-16-14(11-13)15(7-10-22-16)20-17(21)4-1-12-5-8-19-9-6-12/h2-3,11-12,15,19H,1,4-10H2,(H,20,21). The second-order valence-electron chi connectivity index (χ2n) is 6.17. The zero-order chi connectivity index (χ0) is 15.4. The lowest BCUT2D eigenvalue weighted by Gasteiger charge is -2.27. The normalized spacial score (nSPS) is 21.8. The quantitative estimate of drug-likeness (QED) is 0.899. The van der Waals surface area contributed by atoms with Gasteiger partial charge < -0.3 is 15.4 Å². The van der Waals surface area contributed by atoms with Gasteiger partial charge in [-0.3, -0.25) is 4.79 Å². The minimum Gasteiger partial charge on any atom is -0.493 e. The van der Waals surface area contributed by atoms with Gasteiger partial charge in [0.2, 0.25) is 5.91 Å². The fourth-order valence-corrected chi connectivity index (χ4v) is 3.29. The first-order chi connectivity index (χ1) is 10.7. The van der Waals surface area contributed by atoms with Crippen molar-refractivity contribution in [1.29, 1.82) is 0 Å². The van der Waals surface area contributed by atoms with Gasteiger partial charge in [0.25, 0.3) is 0 Å². The Morgan fingerprint density at radius 2 is 2.14 bits per heavy atom. The molecular formula is C17H23FN2O2. The van der Waals surface area contributed by atoms with E-state index in [4.69, 9.17) is 4.74 Å². The van der Waals surface area contributed by atoms with Crippen molar-refractivity contribution in [2.24, 2.45) is 5.92 Å². The molecule has 0 radical (unpaired) electrons. The van der Waals surface area contributed by atoms with Crippen molar-refractivity contribution in [3.05, 3.63) is 29.6 Å². The van der Waals surface area contributed by atoms with Gasteiger partial charge in [-0.1, -0.05) is 0 Å². The molecule has 2 heterocycles. The molecule has 1 saturated heterocycles. The van der Waals surface area contributed by atoms with Crippen LogP contribution in [0.25, 0.3) is 0 Å². The molecule has 2 aliphatic rings. The smallest absolute Gasteiger partial charge is 0.220 e. The van der Waals surface area contributed by atoms with Crippen molar-refractivity contribution < 1.29 is 13.9 Å². The monoisotopic (exact) mass is 306 g/mol. The van der Waals surface area contributed by atoms with Gasteiger partial charge in [0.15, 0.2) is 0 Å². The molecule has 0 aromatic heterocycles. The Kier molecular flexibility index (Phi) is 4.93. The second kappa shape index (κ2) is 7.09. The number of piperidine rings is 1. The van der Waals surface area contributed by atoms with Crippen LogP contribution in [0.4, 0.5) is 4.39 Å².